The van der Waals surface area contributed by atoms with E-state index in [2.05, 4.69) is 24.5 Å². The van der Waals surface area contributed by atoms with E-state index in [9.17, 15) is 0 Å². The van der Waals surface area contributed by atoms with E-state index in [0.29, 0.717) is 10.9 Å². The number of pyridine rings is 1. The summed E-state index contributed by atoms with van der Waals surface area (Å²) in [5.41, 5.74) is 0. The van der Waals surface area contributed by atoms with Gasteiger partial charge in [0.1, 0.15) is 0 Å². The van der Waals surface area contributed by atoms with Crippen LogP contribution in [-0.4, -0.2) is 16.5 Å². The highest BCUT2D eigenvalue weighted by Gasteiger charge is 2.05. The third kappa shape index (κ3) is 4.11. The minimum atomic E-state index is 0.667. The molecule has 1 atom stereocenters. The number of aromatic nitrogens is 1. The van der Waals surface area contributed by atoms with Crippen LogP contribution in [0.2, 0.25) is 5.02 Å². The van der Waals surface area contributed by atoms with Gasteiger partial charge in [-0.2, -0.15) is 12.6 Å². The van der Waals surface area contributed by atoms with Crippen molar-refractivity contribution in [2.45, 2.75) is 18.4 Å². The van der Waals surface area contributed by atoms with Gasteiger partial charge in [0.2, 0.25) is 0 Å². The van der Waals surface area contributed by atoms with Crippen molar-refractivity contribution in [3.63, 3.8) is 0 Å². The van der Waals surface area contributed by atoms with Crippen LogP contribution in [0.25, 0.3) is 0 Å². The molecule has 0 bridgehead atoms. The Morgan fingerprint density at radius 3 is 2.86 bits per heavy atom. The molecular formula is C10H14ClNS2. The second kappa shape index (κ2) is 6.59. The van der Waals surface area contributed by atoms with E-state index in [1.54, 1.807) is 18.0 Å². The summed E-state index contributed by atoms with van der Waals surface area (Å²) in [6.45, 7) is 2.19. The van der Waals surface area contributed by atoms with Crippen molar-refractivity contribution in [2.24, 2.45) is 5.92 Å². The number of hydrogen-bond acceptors (Lipinski definition) is 3. The van der Waals surface area contributed by atoms with Crippen molar-refractivity contribution >= 4 is 36.0 Å². The number of halogens is 1. The van der Waals surface area contributed by atoms with Crippen LogP contribution in [0, 0.1) is 5.92 Å². The summed E-state index contributed by atoms with van der Waals surface area (Å²) in [6.07, 6.45) is 2.86. The standard InChI is InChI=1S/C10H14ClNS2/c1-2-8(6-13)7-14-10-4-3-9(11)5-12-10/h3-5,8,13H,2,6-7H2,1H3. The molecule has 0 saturated heterocycles. The van der Waals surface area contributed by atoms with E-state index in [-0.39, 0.29) is 0 Å². The molecule has 0 aliphatic carbocycles. The van der Waals surface area contributed by atoms with Gasteiger partial charge in [-0.25, -0.2) is 4.98 Å². The highest BCUT2D eigenvalue weighted by Crippen LogP contribution is 2.21. The van der Waals surface area contributed by atoms with Gasteiger partial charge in [0.05, 0.1) is 10.0 Å². The van der Waals surface area contributed by atoms with Crippen molar-refractivity contribution in [3.05, 3.63) is 23.4 Å². The zero-order chi connectivity index (χ0) is 10.4. The Kier molecular flexibility index (Phi) is 5.75. The first-order valence-electron chi connectivity index (χ1n) is 4.61. The summed E-state index contributed by atoms with van der Waals surface area (Å²) in [5.74, 6) is 2.69. The maximum absolute atomic E-state index is 5.74. The molecule has 1 aromatic heterocycles. The zero-order valence-corrected chi connectivity index (χ0v) is 10.6. The summed E-state index contributed by atoms with van der Waals surface area (Å²) < 4.78 is 0. The molecule has 0 aliphatic rings. The highest BCUT2D eigenvalue weighted by molar-refractivity contribution is 7.99. The summed E-state index contributed by atoms with van der Waals surface area (Å²) >= 11 is 11.8. The maximum Gasteiger partial charge on any atom is 0.0961 e. The molecule has 0 fully saturated rings. The molecule has 1 rings (SSSR count). The van der Waals surface area contributed by atoms with Crippen molar-refractivity contribution < 1.29 is 0 Å². The molecule has 78 valence electrons. The van der Waals surface area contributed by atoms with Crippen LogP contribution in [0.1, 0.15) is 13.3 Å². The van der Waals surface area contributed by atoms with E-state index >= 15 is 0 Å². The van der Waals surface area contributed by atoms with Gasteiger partial charge in [0, 0.05) is 11.9 Å². The largest absolute Gasteiger partial charge is 0.248 e. The quantitative estimate of drug-likeness (QED) is 0.628. The van der Waals surface area contributed by atoms with E-state index in [4.69, 9.17) is 11.6 Å². The van der Waals surface area contributed by atoms with Gasteiger partial charge in [-0.3, -0.25) is 0 Å². The Bertz CT molecular complexity index is 259. The normalized spacial score (nSPS) is 12.8. The van der Waals surface area contributed by atoms with Crippen LogP contribution in [-0.2, 0) is 0 Å². The first-order chi connectivity index (χ1) is 6.76. The molecule has 0 spiro atoms. The number of rotatable bonds is 5. The van der Waals surface area contributed by atoms with Crippen molar-refractivity contribution in [2.75, 3.05) is 11.5 Å². The SMILES string of the molecule is CCC(CS)CSc1ccc(Cl)cn1. The molecule has 0 amide bonds. The fraction of sp³-hybridized carbons (Fsp3) is 0.500. The molecule has 0 saturated carbocycles. The molecule has 1 heterocycles. The molecule has 1 unspecified atom stereocenters. The minimum Gasteiger partial charge on any atom is -0.248 e. The number of hydrogen-bond donors (Lipinski definition) is 1. The summed E-state index contributed by atoms with van der Waals surface area (Å²) in [5, 5.41) is 1.73. The smallest absolute Gasteiger partial charge is 0.0961 e. The van der Waals surface area contributed by atoms with Crippen LogP contribution in [0.5, 0.6) is 0 Å². The zero-order valence-electron chi connectivity index (χ0n) is 8.11. The predicted octanol–water partition coefficient (Wildman–Crippen LogP) is 3.78. The van der Waals surface area contributed by atoms with Gasteiger partial charge in [-0.15, -0.1) is 11.8 Å². The van der Waals surface area contributed by atoms with Crippen molar-refractivity contribution in [3.8, 4) is 0 Å². The Balaban J connectivity index is 2.41. The average molecular weight is 248 g/mol. The highest BCUT2D eigenvalue weighted by atomic mass is 35.5. The molecule has 14 heavy (non-hydrogen) atoms. The summed E-state index contributed by atoms with van der Waals surface area (Å²) in [4.78, 5) is 4.22. The molecule has 0 radical (unpaired) electrons. The Hall–Kier alpha value is 0.140. The van der Waals surface area contributed by atoms with Gasteiger partial charge >= 0.3 is 0 Å². The molecule has 1 aromatic rings. The number of thioether (sulfide) groups is 1. The lowest BCUT2D eigenvalue weighted by molar-refractivity contribution is 0.649. The first-order valence-corrected chi connectivity index (χ1v) is 6.61. The van der Waals surface area contributed by atoms with Crippen LogP contribution < -0.4 is 0 Å². The van der Waals surface area contributed by atoms with Crippen molar-refractivity contribution in [1.82, 2.24) is 4.98 Å². The Labute approximate surface area is 100 Å². The Morgan fingerprint density at radius 2 is 2.36 bits per heavy atom. The van der Waals surface area contributed by atoms with Gasteiger partial charge < -0.3 is 0 Å². The fourth-order valence-electron chi connectivity index (χ4n) is 0.951. The first kappa shape index (κ1) is 12.2. The summed E-state index contributed by atoms with van der Waals surface area (Å²) in [6, 6.07) is 3.83. The molecule has 0 N–H and O–H groups in total. The summed E-state index contributed by atoms with van der Waals surface area (Å²) in [7, 11) is 0. The van der Waals surface area contributed by atoms with E-state index in [1.807, 2.05) is 12.1 Å². The van der Waals surface area contributed by atoms with Crippen LogP contribution >= 0.6 is 36.0 Å². The van der Waals surface area contributed by atoms with Crippen molar-refractivity contribution in [1.29, 1.82) is 0 Å². The lowest BCUT2D eigenvalue weighted by atomic mass is 10.2. The van der Waals surface area contributed by atoms with Crippen LogP contribution in [0.3, 0.4) is 0 Å². The second-order valence-electron chi connectivity index (χ2n) is 3.08. The average Bonchev–Trinajstić information content (AvgIpc) is 2.22. The monoisotopic (exact) mass is 247 g/mol. The van der Waals surface area contributed by atoms with E-state index in [0.717, 1.165) is 16.5 Å². The predicted molar refractivity (Wildman–Crippen MR) is 67.6 cm³/mol. The molecule has 1 nitrogen and oxygen atoms in total. The lowest BCUT2D eigenvalue weighted by Crippen LogP contribution is -2.03. The number of thiol groups is 1. The van der Waals surface area contributed by atoms with Gasteiger partial charge in [-0.1, -0.05) is 24.9 Å². The number of nitrogens with zero attached hydrogens (tertiary/aromatic N) is 1. The second-order valence-corrected chi connectivity index (χ2v) is 4.92. The van der Waals surface area contributed by atoms with Crippen LogP contribution in [0.4, 0.5) is 0 Å². The fourth-order valence-corrected chi connectivity index (χ4v) is 2.68. The third-order valence-corrected chi connectivity index (χ3v) is 3.92. The van der Waals surface area contributed by atoms with E-state index < -0.39 is 0 Å². The van der Waals surface area contributed by atoms with Gasteiger partial charge in [0.15, 0.2) is 0 Å². The molecule has 0 aromatic carbocycles. The topological polar surface area (TPSA) is 12.9 Å². The van der Waals surface area contributed by atoms with Gasteiger partial charge in [-0.05, 0) is 23.8 Å². The molecule has 0 aliphatic heterocycles. The Morgan fingerprint density at radius 1 is 1.57 bits per heavy atom. The molecular weight excluding hydrogens is 234 g/mol. The minimum absolute atomic E-state index is 0.667. The van der Waals surface area contributed by atoms with Gasteiger partial charge in [0.25, 0.3) is 0 Å². The maximum atomic E-state index is 5.74. The van der Waals surface area contributed by atoms with Crippen LogP contribution in [0.15, 0.2) is 23.4 Å². The molecule has 4 heteroatoms. The lowest BCUT2D eigenvalue weighted by Gasteiger charge is -2.09. The third-order valence-electron chi connectivity index (χ3n) is 2.00. The van der Waals surface area contributed by atoms with E-state index in [1.165, 1.54) is 6.42 Å².